The summed E-state index contributed by atoms with van der Waals surface area (Å²) in [4.78, 5) is 25.7. The molecule has 1 aliphatic rings. The first-order valence-electron chi connectivity index (χ1n) is 5.35. The molecular formula is C13H8FNO2S. The Hall–Kier alpha value is -2.01. The number of hydrogen-bond acceptors (Lipinski definition) is 3. The van der Waals surface area contributed by atoms with Gasteiger partial charge in [0.15, 0.2) is 0 Å². The van der Waals surface area contributed by atoms with Crippen LogP contribution < -0.4 is 4.90 Å². The van der Waals surface area contributed by atoms with E-state index < -0.39 is 17.5 Å². The number of carbonyl (C=O) groups excluding carboxylic acids is 2. The van der Waals surface area contributed by atoms with Crippen molar-refractivity contribution in [3.05, 3.63) is 52.0 Å². The standard InChI is InChI=1S/C13H8FNO2S/c14-10-5-1-4-9-11(10)15(13(17)12(9)16)7-8-3-2-6-18-8/h1-6H,7H2. The van der Waals surface area contributed by atoms with Crippen LogP contribution in [0.15, 0.2) is 35.7 Å². The smallest absolute Gasteiger partial charge is 0.297 e. The van der Waals surface area contributed by atoms with Crippen LogP contribution in [0.25, 0.3) is 0 Å². The van der Waals surface area contributed by atoms with Crippen LogP contribution in [0.4, 0.5) is 10.1 Å². The Morgan fingerprint density at radius 2 is 2.00 bits per heavy atom. The second-order valence-corrected chi connectivity index (χ2v) is 4.97. The fourth-order valence-electron chi connectivity index (χ4n) is 2.02. The average molecular weight is 261 g/mol. The van der Waals surface area contributed by atoms with Crippen LogP contribution in [-0.4, -0.2) is 11.7 Å². The van der Waals surface area contributed by atoms with E-state index in [0.717, 1.165) is 4.88 Å². The number of Topliss-reactive ketones (excluding diaryl/α,β-unsaturated/α-hetero) is 1. The van der Waals surface area contributed by atoms with Gasteiger partial charge in [0.1, 0.15) is 5.82 Å². The third kappa shape index (κ3) is 1.55. The van der Waals surface area contributed by atoms with Gasteiger partial charge in [0.2, 0.25) is 0 Å². The summed E-state index contributed by atoms with van der Waals surface area (Å²) in [7, 11) is 0. The maximum Gasteiger partial charge on any atom is 0.299 e. The number of ketones is 1. The van der Waals surface area contributed by atoms with Crippen LogP contribution in [0.2, 0.25) is 0 Å². The molecule has 18 heavy (non-hydrogen) atoms. The minimum absolute atomic E-state index is 0.0981. The highest BCUT2D eigenvalue weighted by Gasteiger charge is 2.37. The third-order valence-corrected chi connectivity index (χ3v) is 3.70. The monoisotopic (exact) mass is 261 g/mol. The number of carbonyl (C=O) groups is 2. The highest BCUT2D eigenvalue weighted by Crippen LogP contribution is 2.33. The Labute approximate surface area is 106 Å². The van der Waals surface area contributed by atoms with E-state index in [2.05, 4.69) is 0 Å². The fourth-order valence-corrected chi connectivity index (χ4v) is 2.71. The lowest BCUT2D eigenvalue weighted by molar-refractivity contribution is -0.114. The molecule has 1 aromatic carbocycles. The number of hydrogen-bond donors (Lipinski definition) is 0. The van der Waals surface area contributed by atoms with E-state index in [4.69, 9.17) is 0 Å². The maximum atomic E-state index is 13.8. The summed E-state index contributed by atoms with van der Waals surface area (Å²) in [6.45, 7) is 0.232. The molecule has 0 saturated carbocycles. The van der Waals surface area contributed by atoms with Gasteiger partial charge in [-0.1, -0.05) is 12.1 Å². The van der Waals surface area contributed by atoms with E-state index in [1.54, 1.807) is 0 Å². The first kappa shape index (κ1) is 11.1. The predicted octanol–water partition coefficient (Wildman–Crippen LogP) is 2.62. The Morgan fingerprint density at radius 3 is 2.72 bits per heavy atom. The molecule has 0 radical (unpaired) electrons. The van der Waals surface area contributed by atoms with Gasteiger partial charge in [-0.15, -0.1) is 11.3 Å². The zero-order valence-corrected chi connectivity index (χ0v) is 10.0. The molecule has 3 rings (SSSR count). The highest BCUT2D eigenvalue weighted by molar-refractivity contribution is 7.09. The van der Waals surface area contributed by atoms with Crippen molar-refractivity contribution in [2.45, 2.75) is 6.54 Å². The molecule has 0 unspecified atom stereocenters. The lowest BCUT2D eigenvalue weighted by Crippen LogP contribution is -2.29. The van der Waals surface area contributed by atoms with Gasteiger partial charge in [-0.05, 0) is 23.6 Å². The van der Waals surface area contributed by atoms with E-state index >= 15 is 0 Å². The van der Waals surface area contributed by atoms with Crippen molar-refractivity contribution in [3.8, 4) is 0 Å². The lowest BCUT2D eigenvalue weighted by atomic mass is 10.1. The molecule has 0 fully saturated rings. The van der Waals surface area contributed by atoms with Crippen LogP contribution in [0.1, 0.15) is 15.2 Å². The zero-order chi connectivity index (χ0) is 12.7. The topological polar surface area (TPSA) is 37.4 Å². The quantitative estimate of drug-likeness (QED) is 0.779. The minimum Gasteiger partial charge on any atom is -0.297 e. The number of anilines is 1. The van der Waals surface area contributed by atoms with Crippen LogP contribution in [0.3, 0.4) is 0 Å². The second-order valence-electron chi connectivity index (χ2n) is 3.94. The van der Waals surface area contributed by atoms with Crippen LogP contribution >= 0.6 is 11.3 Å². The summed E-state index contributed by atoms with van der Waals surface area (Å²) in [6.07, 6.45) is 0. The van der Waals surface area contributed by atoms with Crippen molar-refractivity contribution in [3.63, 3.8) is 0 Å². The summed E-state index contributed by atoms with van der Waals surface area (Å²) in [5.41, 5.74) is 0.248. The zero-order valence-electron chi connectivity index (χ0n) is 9.22. The molecule has 0 N–H and O–H groups in total. The molecule has 0 bridgehead atoms. The van der Waals surface area contributed by atoms with Crippen molar-refractivity contribution in [1.29, 1.82) is 0 Å². The lowest BCUT2D eigenvalue weighted by Gasteiger charge is -2.15. The molecule has 0 saturated heterocycles. The molecule has 0 aliphatic carbocycles. The Balaban J connectivity index is 2.07. The summed E-state index contributed by atoms with van der Waals surface area (Å²) in [5.74, 6) is -1.84. The van der Waals surface area contributed by atoms with Crippen molar-refractivity contribution in [1.82, 2.24) is 0 Å². The molecule has 1 aliphatic heterocycles. The third-order valence-electron chi connectivity index (χ3n) is 2.83. The summed E-state index contributed by atoms with van der Waals surface area (Å²) in [6, 6.07) is 7.87. The summed E-state index contributed by atoms with van der Waals surface area (Å²) in [5, 5.41) is 1.87. The van der Waals surface area contributed by atoms with Crippen molar-refractivity contribution < 1.29 is 14.0 Å². The number of benzene rings is 1. The van der Waals surface area contributed by atoms with Crippen molar-refractivity contribution in [2.24, 2.45) is 0 Å². The molecule has 1 amide bonds. The van der Waals surface area contributed by atoms with Gasteiger partial charge >= 0.3 is 0 Å². The van der Waals surface area contributed by atoms with Gasteiger partial charge in [-0.2, -0.15) is 0 Å². The first-order valence-corrected chi connectivity index (χ1v) is 6.23. The molecule has 5 heteroatoms. The molecule has 1 aromatic heterocycles. The summed E-state index contributed by atoms with van der Waals surface area (Å²) < 4.78 is 13.8. The number of fused-ring (bicyclic) bond motifs is 1. The molecule has 2 heterocycles. The molecule has 0 spiro atoms. The number of nitrogens with zero attached hydrogens (tertiary/aromatic N) is 1. The largest absolute Gasteiger partial charge is 0.299 e. The highest BCUT2D eigenvalue weighted by atomic mass is 32.1. The van der Waals surface area contributed by atoms with Gasteiger partial charge in [0.25, 0.3) is 11.7 Å². The fraction of sp³-hybridized carbons (Fsp3) is 0.0769. The molecule has 90 valence electrons. The van der Waals surface area contributed by atoms with Gasteiger partial charge in [-0.25, -0.2) is 4.39 Å². The van der Waals surface area contributed by atoms with E-state index in [1.807, 2.05) is 17.5 Å². The molecule has 3 nitrogen and oxygen atoms in total. The number of halogens is 1. The Bertz CT molecular complexity index is 636. The van der Waals surface area contributed by atoms with Crippen LogP contribution in [-0.2, 0) is 11.3 Å². The number of para-hydroxylation sites is 1. The van der Waals surface area contributed by atoms with E-state index in [1.165, 1.54) is 34.4 Å². The maximum absolute atomic E-state index is 13.8. The molecule has 2 aromatic rings. The number of amides is 1. The molecular weight excluding hydrogens is 253 g/mol. The van der Waals surface area contributed by atoms with Gasteiger partial charge < -0.3 is 0 Å². The van der Waals surface area contributed by atoms with Crippen LogP contribution in [0.5, 0.6) is 0 Å². The minimum atomic E-state index is -0.663. The summed E-state index contributed by atoms with van der Waals surface area (Å²) >= 11 is 1.47. The van der Waals surface area contributed by atoms with Crippen molar-refractivity contribution >= 4 is 28.7 Å². The van der Waals surface area contributed by atoms with E-state index in [9.17, 15) is 14.0 Å². The van der Waals surface area contributed by atoms with Gasteiger partial charge in [0.05, 0.1) is 17.8 Å². The molecule has 0 atom stereocenters. The van der Waals surface area contributed by atoms with E-state index in [-0.39, 0.29) is 17.8 Å². The van der Waals surface area contributed by atoms with Crippen molar-refractivity contribution in [2.75, 3.05) is 4.90 Å². The second kappa shape index (κ2) is 4.03. The average Bonchev–Trinajstić information content (AvgIpc) is 2.94. The van der Waals surface area contributed by atoms with Gasteiger partial charge in [0, 0.05) is 4.88 Å². The Morgan fingerprint density at radius 1 is 1.17 bits per heavy atom. The number of rotatable bonds is 2. The first-order chi connectivity index (χ1) is 8.68. The normalized spacial score (nSPS) is 14.2. The number of thiophene rings is 1. The van der Waals surface area contributed by atoms with Crippen LogP contribution in [0, 0.1) is 5.82 Å². The SMILES string of the molecule is O=C1C(=O)N(Cc2cccs2)c2c(F)cccc21. The van der Waals surface area contributed by atoms with E-state index in [0.29, 0.717) is 0 Å². The predicted molar refractivity (Wildman–Crippen MR) is 66.2 cm³/mol. The Kier molecular flexibility index (Phi) is 2.48. The van der Waals surface area contributed by atoms with Gasteiger partial charge in [-0.3, -0.25) is 14.5 Å².